The molecule has 0 aliphatic carbocycles. The summed E-state index contributed by atoms with van der Waals surface area (Å²) in [5, 5.41) is 13.6. The van der Waals surface area contributed by atoms with E-state index in [0.29, 0.717) is 17.2 Å². The van der Waals surface area contributed by atoms with E-state index in [4.69, 9.17) is 4.42 Å². The number of anilines is 1. The minimum atomic E-state index is -0.386. The molecule has 2 rings (SSSR count). The normalized spacial score (nSPS) is 10.5. The quantitative estimate of drug-likeness (QED) is 0.928. The second-order valence-corrected chi connectivity index (χ2v) is 4.07. The summed E-state index contributed by atoms with van der Waals surface area (Å²) in [5.74, 6) is 0.121. The van der Waals surface area contributed by atoms with E-state index >= 15 is 0 Å². The second kappa shape index (κ2) is 5.09. The molecule has 7 nitrogen and oxygen atoms in total. The smallest absolute Gasteiger partial charge is 0.293 e. The van der Waals surface area contributed by atoms with Crippen molar-refractivity contribution >= 4 is 27.8 Å². The monoisotopic (exact) mass is 299 g/mol. The summed E-state index contributed by atoms with van der Waals surface area (Å²) in [6, 6.07) is 3.21. The van der Waals surface area contributed by atoms with Crippen LogP contribution in [0.25, 0.3) is 0 Å². The van der Waals surface area contributed by atoms with Gasteiger partial charge in [-0.25, -0.2) is 4.68 Å². The molecular formula is C9H10BrN5O2. The molecule has 0 aromatic carbocycles. The first-order valence-corrected chi connectivity index (χ1v) is 5.83. The van der Waals surface area contributed by atoms with Crippen LogP contribution >= 0.6 is 15.9 Å². The molecule has 0 unspecified atom stereocenters. The van der Waals surface area contributed by atoms with Crippen molar-refractivity contribution in [3.8, 4) is 0 Å². The third-order valence-corrected chi connectivity index (χ3v) is 2.42. The minimum Gasteiger partial charge on any atom is -0.444 e. The van der Waals surface area contributed by atoms with Crippen LogP contribution in [0.2, 0.25) is 0 Å². The fourth-order valence-corrected chi connectivity index (χ4v) is 1.56. The summed E-state index contributed by atoms with van der Waals surface area (Å²) in [4.78, 5) is 11.7. The Morgan fingerprint density at radius 1 is 1.59 bits per heavy atom. The Hall–Kier alpha value is -1.70. The number of tetrazole rings is 1. The molecule has 2 aromatic heterocycles. The number of furan rings is 1. The van der Waals surface area contributed by atoms with E-state index in [1.54, 1.807) is 12.1 Å². The van der Waals surface area contributed by atoms with Gasteiger partial charge in [0, 0.05) is 6.54 Å². The summed E-state index contributed by atoms with van der Waals surface area (Å²) in [6.45, 7) is 2.64. The molecule has 0 bridgehead atoms. The van der Waals surface area contributed by atoms with Crippen LogP contribution in [0.3, 0.4) is 0 Å². The molecule has 0 atom stereocenters. The average molecular weight is 300 g/mol. The van der Waals surface area contributed by atoms with E-state index in [2.05, 4.69) is 36.8 Å². The lowest BCUT2D eigenvalue weighted by Gasteiger charge is -2.02. The lowest BCUT2D eigenvalue weighted by atomic mass is 10.4. The summed E-state index contributed by atoms with van der Waals surface area (Å²) in [7, 11) is 0. The van der Waals surface area contributed by atoms with Crippen LogP contribution in [0.15, 0.2) is 21.2 Å². The van der Waals surface area contributed by atoms with E-state index < -0.39 is 0 Å². The maximum atomic E-state index is 11.7. The van der Waals surface area contributed by atoms with Crippen LogP contribution in [0.5, 0.6) is 0 Å². The van der Waals surface area contributed by atoms with Gasteiger partial charge < -0.3 is 4.42 Å². The molecule has 0 aliphatic rings. The number of rotatable bonds is 4. The van der Waals surface area contributed by atoms with Crippen molar-refractivity contribution < 1.29 is 9.21 Å². The van der Waals surface area contributed by atoms with Crippen LogP contribution in [-0.4, -0.2) is 26.1 Å². The van der Waals surface area contributed by atoms with E-state index in [1.165, 1.54) is 4.68 Å². The van der Waals surface area contributed by atoms with Crippen LogP contribution in [0.1, 0.15) is 23.9 Å². The Kier molecular flexibility index (Phi) is 3.52. The Morgan fingerprint density at radius 2 is 2.41 bits per heavy atom. The maximum Gasteiger partial charge on any atom is 0.293 e. The van der Waals surface area contributed by atoms with Crippen molar-refractivity contribution in [2.24, 2.45) is 0 Å². The predicted molar refractivity (Wildman–Crippen MR) is 62.5 cm³/mol. The van der Waals surface area contributed by atoms with Gasteiger partial charge in [0.1, 0.15) is 0 Å². The van der Waals surface area contributed by atoms with Crippen molar-refractivity contribution in [3.05, 3.63) is 22.6 Å². The highest BCUT2D eigenvalue weighted by molar-refractivity contribution is 9.10. The highest BCUT2D eigenvalue weighted by Crippen LogP contribution is 2.15. The number of hydrogen-bond donors (Lipinski definition) is 1. The molecule has 90 valence electrons. The highest BCUT2D eigenvalue weighted by atomic mass is 79.9. The van der Waals surface area contributed by atoms with Gasteiger partial charge in [-0.2, -0.15) is 0 Å². The van der Waals surface area contributed by atoms with Gasteiger partial charge in [-0.15, -0.1) is 0 Å². The Morgan fingerprint density at radius 3 is 3.06 bits per heavy atom. The molecule has 0 saturated carbocycles. The third-order valence-electron chi connectivity index (χ3n) is 1.99. The molecule has 17 heavy (non-hydrogen) atoms. The maximum absolute atomic E-state index is 11.7. The topological polar surface area (TPSA) is 85.8 Å². The van der Waals surface area contributed by atoms with Crippen molar-refractivity contribution in [2.45, 2.75) is 19.9 Å². The first-order chi connectivity index (χ1) is 8.20. The fourth-order valence-electron chi connectivity index (χ4n) is 1.26. The third kappa shape index (κ3) is 2.70. The molecule has 2 heterocycles. The first kappa shape index (κ1) is 11.8. The number of aryl methyl sites for hydroxylation is 1. The predicted octanol–water partition coefficient (Wildman–Crippen LogP) is 1.69. The van der Waals surface area contributed by atoms with E-state index in [1.807, 2.05) is 6.92 Å². The zero-order chi connectivity index (χ0) is 12.3. The minimum absolute atomic E-state index is 0.197. The summed E-state index contributed by atoms with van der Waals surface area (Å²) in [5.41, 5.74) is 0. The number of halogens is 1. The van der Waals surface area contributed by atoms with Gasteiger partial charge >= 0.3 is 0 Å². The highest BCUT2D eigenvalue weighted by Gasteiger charge is 2.14. The molecule has 0 radical (unpaired) electrons. The number of carbonyl (C=O) groups excluding carboxylic acids is 1. The zero-order valence-electron chi connectivity index (χ0n) is 9.05. The van der Waals surface area contributed by atoms with Gasteiger partial charge in [-0.1, -0.05) is 12.0 Å². The van der Waals surface area contributed by atoms with E-state index in [0.717, 1.165) is 6.42 Å². The first-order valence-electron chi connectivity index (χ1n) is 5.03. The molecule has 1 N–H and O–H groups in total. The van der Waals surface area contributed by atoms with Gasteiger partial charge in [0.25, 0.3) is 5.91 Å². The van der Waals surface area contributed by atoms with Crippen molar-refractivity contribution in [3.63, 3.8) is 0 Å². The summed E-state index contributed by atoms with van der Waals surface area (Å²) in [6.07, 6.45) is 0.875. The molecule has 2 aromatic rings. The SMILES string of the molecule is CCCn1nnnc1NC(=O)c1ccc(Br)o1. The van der Waals surface area contributed by atoms with E-state index in [9.17, 15) is 4.79 Å². The van der Waals surface area contributed by atoms with Gasteiger partial charge in [0.15, 0.2) is 10.4 Å². The largest absolute Gasteiger partial charge is 0.444 e. The Labute approximate surface area is 105 Å². The van der Waals surface area contributed by atoms with Gasteiger partial charge in [0.05, 0.1) is 0 Å². The summed E-state index contributed by atoms with van der Waals surface area (Å²) < 4.78 is 7.14. The lowest BCUT2D eigenvalue weighted by Crippen LogP contribution is -2.16. The number of amides is 1. The number of nitrogens with one attached hydrogen (secondary N) is 1. The standard InChI is InChI=1S/C9H10BrN5O2/c1-2-5-15-9(12-13-14-15)11-8(16)6-3-4-7(10)17-6/h3-4H,2,5H2,1H3,(H,11,12,14,16). The molecule has 0 fully saturated rings. The second-order valence-electron chi connectivity index (χ2n) is 3.28. The number of hydrogen-bond acceptors (Lipinski definition) is 5. The molecule has 0 saturated heterocycles. The van der Waals surface area contributed by atoms with Gasteiger partial charge in [-0.3, -0.25) is 10.1 Å². The fraction of sp³-hybridized carbons (Fsp3) is 0.333. The molecule has 0 aliphatic heterocycles. The molecule has 1 amide bonds. The zero-order valence-corrected chi connectivity index (χ0v) is 10.6. The Bertz CT molecular complexity index is 521. The van der Waals surface area contributed by atoms with Crippen LogP contribution < -0.4 is 5.32 Å². The van der Waals surface area contributed by atoms with Gasteiger partial charge in [0.2, 0.25) is 5.95 Å². The molecular weight excluding hydrogens is 290 g/mol. The van der Waals surface area contributed by atoms with Crippen molar-refractivity contribution in [1.82, 2.24) is 20.2 Å². The molecule has 8 heteroatoms. The average Bonchev–Trinajstić information content (AvgIpc) is 2.89. The number of carbonyl (C=O) groups is 1. The van der Waals surface area contributed by atoms with Crippen LogP contribution in [0, 0.1) is 0 Å². The molecule has 0 spiro atoms. The summed E-state index contributed by atoms with van der Waals surface area (Å²) >= 11 is 3.13. The lowest BCUT2D eigenvalue weighted by molar-refractivity contribution is 0.0994. The van der Waals surface area contributed by atoms with Crippen LogP contribution in [0.4, 0.5) is 5.95 Å². The number of nitrogens with zero attached hydrogens (tertiary/aromatic N) is 4. The van der Waals surface area contributed by atoms with Crippen molar-refractivity contribution in [2.75, 3.05) is 5.32 Å². The van der Waals surface area contributed by atoms with Crippen LogP contribution in [-0.2, 0) is 6.54 Å². The van der Waals surface area contributed by atoms with Gasteiger partial charge in [-0.05, 0) is 44.9 Å². The van der Waals surface area contributed by atoms with E-state index in [-0.39, 0.29) is 11.7 Å². The number of aromatic nitrogens is 4. The Balaban J connectivity index is 2.10. The van der Waals surface area contributed by atoms with Crippen molar-refractivity contribution in [1.29, 1.82) is 0 Å².